The number of aromatic nitrogens is 2. The Bertz CT molecular complexity index is 1110. The minimum absolute atomic E-state index is 0.0423. The highest BCUT2D eigenvalue weighted by atomic mass is 16.2. The summed E-state index contributed by atoms with van der Waals surface area (Å²) in [5.41, 5.74) is 2.43. The number of fused-ring (bicyclic) bond motifs is 1. The fraction of sp³-hybridized carbons (Fsp3) is 0.519. The molecule has 8 heteroatoms. The molecule has 1 atom stereocenters. The first-order chi connectivity index (χ1) is 17.0. The molecule has 0 aliphatic carbocycles. The van der Waals surface area contributed by atoms with E-state index in [1.165, 1.54) is 0 Å². The number of nitriles is 1. The van der Waals surface area contributed by atoms with E-state index in [0.29, 0.717) is 49.0 Å². The van der Waals surface area contributed by atoms with Gasteiger partial charge >= 0.3 is 0 Å². The molecule has 3 heterocycles. The molecule has 0 saturated carbocycles. The standard InChI is InChI=1S/C27H34N6O2/c1-3-4-5-6-23-19-32(18-22-9-7-20(16-28)8-10-22)27(35)25-15-24(30-33(23)25)26(34)31-13-11-21(12-14-31)17-29-2/h7-10,15,17,21,23H,3-6,11-14,18-19H2,1-2H3. The molecule has 35 heavy (non-hydrogen) atoms. The Balaban J connectivity index is 1.54. The summed E-state index contributed by atoms with van der Waals surface area (Å²) in [5.74, 6) is 0.211. The lowest BCUT2D eigenvalue weighted by Gasteiger charge is -2.33. The molecule has 4 rings (SSSR count). The zero-order chi connectivity index (χ0) is 24.8. The van der Waals surface area contributed by atoms with Gasteiger partial charge in [-0.05, 0) is 42.9 Å². The molecule has 0 bridgehead atoms. The summed E-state index contributed by atoms with van der Waals surface area (Å²) < 4.78 is 1.80. The van der Waals surface area contributed by atoms with Crippen LogP contribution in [0.2, 0.25) is 0 Å². The number of hydrogen-bond donors (Lipinski definition) is 0. The third-order valence-corrected chi connectivity index (χ3v) is 7.02. The summed E-state index contributed by atoms with van der Waals surface area (Å²) in [7, 11) is 1.78. The molecule has 1 unspecified atom stereocenters. The van der Waals surface area contributed by atoms with Crippen molar-refractivity contribution in [3.63, 3.8) is 0 Å². The van der Waals surface area contributed by atoms with Crippen molar-refractivity contribution in [1.82, 2.24) is 19.6 Å². The zero-order valence-corrected chi connectivity index (χ0v) is 20.7. The minimum Gasteiger partial charge on any atom is -0.337 e. The third-order valence-electron chi connectivity index (χ3n) is 7.02. The van der Waals surface area contributed by atoms with Crippen molar-refractivity contribution in [1.29, 1.82) is 5.26 Å². The molecule has 1 aromatic heterocycles. The third kappa shape index (κ3) is 5.61. The van der Waals surface area contributed by atoms with E-state index in [1.807, 2.05) is 28.1 Å². The lowest BCUT2D eigenvalue weighted by Crippen LogP contribution is -2.42. The van der Waals surface area contributed by atoms with Gasteiger partial charge in [-0.15, -0.1) is 0 Å². The van der Waals surface area contributed by atoms with Crippen LogP contribution in [0.15, 0.2) is 35.3 Å². The number of nitrogens with zero attached hydrogens (tertiary/aromatic N) is 6. The van der Waals surface area contributed by atoms with Crippen LogP contribution in [0.5, 0.6) is 0 Å². The van der Waals surface area contributed by atoms with E-state index in [-0.39, 0.29) is 17.9 Å². The molecule has 0 N–H and O–H groups in total. The van der Waals surface area contributed by atoms with Crippen LogP contribution in [0, 0.1) is 17.2 Å². The number of benzene rings is 1. The zero-order valence-electron chi connectivity index (χ0n) is 20.7. The molecule has 0 spiro atoms. The normalized spacial score (nSPS) is 18.7. The van der Waals surface area contributed by atoms with E-state index in [2.05, 4.69) is 23.1 Å². The average Bonchev–Trinajstić information content (AvgIpc) is 3.34. The maximum Gasteiger partial charge on any atom is 0.274 e. The van der Waals surface area contributed by atoms with E-state index in [4.69, 9.17) is 5.26 Å². The van der Waals surface area contributed by atoms with Crippen molar-refractivity contribution in [3.8, 4) is 6.07 Å². The number of piperidine rings is 1. The van der Waals surface area contributed by atoms with Gasteiger partial charge in [0.2, 0.25) is 0 Å². The van der Waals surface area contributed by atoms with E-state index >= 15 is 0 Å². The van der Waals surface area contributed by atoms with Crippen LogP contribution in [-0.4, -0.2) is 64.3 Å². The predicted molar refractivity (Wildman–Crippen MR) is 134 cm³/mol. The van der Waals surface area contributed by atoms with Crippen molar-refractivity contribution in [2.45, 2.75) is 58.0 Å². The topological polar surface area (TPSA) is 94.6 Å². The Morgan fingerprint density at radius 3 is 2.63 bits per heavy atom. The molecule has 2 aliphatic heterocycles. The van der Waals surface area contributed by atoms with Crippen molar-refractivity contribution in [3.05, 3.63) is 52.8 Å². The fourth-order valence-corrected chi connectivity index (χ4v) is 5.02. The molecule has 2 aliphatic rings. The molecular formula is C27H34N6O2. The van der Waals surface area contributed by atoms with Gasteiger partial charge in [-0.3, -0.25) is 14.3 Å². The van der Waals surface area contributed by atoms with Gasteiger partial charge in [0.15, 0.2) is 5.69 Å². The quantitative estimate of drug-likeness (QED) is 0.425. The van der Waals surface area contributed by atoms with Crippen molar-refractivity contribution < 1.29 is 9.59 Å². The second-order valence-corrected chi connectivity index (χ2v) is 9.54. The Hall–Kier alpha value is -3.47. The summed E-state index contributed by atoms with van der Waals surface area (Å²) in [6.07, 6.45) is 7.97. The number of carbonyl (C=O) groups excluding carboxylic acids is 2. The fourth-order valence-electron chi connectivity index (χ4n) is 5.02. The van der Waals surface area contributed by atoms with Crippen LogP contribution in [-0.2, 0) is 6.54 Å². The van der Waals surface area contributed by atoms with Gasteiger partial charge in [0, 0.05) is 45.5 Å². The van der Waals surface area contributed by atoms with Crippen LogP contribution in [0.25, 0.3) is 0 Å². The molecule has 1 aromatic carbocycles. The van der Waals surface area contributed by atoms with Crippen LogP contribution >= 0.6 is 0 Å². The monoisotopic (exact) mass is 474 g/mol. The Morgan fingerprint density at radius 2 is 1.97 bits per heavy atom. The van der Waals surface area contributed by atoms with Crippen LogP contribution in [0.4, 0.5) is 0 Å². The van der Waals surface area contributed by atoms with Gasteiger partial charge < -0.3 is 14.8 Å². The SMILES string of the molecule is CCCCCC1CN(Cc2ccc(C#N)cc2)C(=O)c2cc(C(=O)N3CCC(C=NC)CC3)nn21. The maximum absolute atomic E-state index is 13.4. The predicted octanol–water partition coefficient (Wildman–Crippen LogP) is 4.08. The van der Waals surface area contributed by atoms with Crippen LogP contribution < -0.4 is 0 Å². The summed E-state index contributed by atoms with van der Waals surface area (Å²) in [4.78, 5) is 34.5. The second kappa shape index (κ2) is 11.3. The second-order valence-electron chi connectivity index (χ2n) is 9.54. The number of amides is 2. The van der Waals surface area contributed by atoms with E-state index in [0.717, 1.165) is 44.1 Å². The average molecular weight is 475 g/mol. The molecule has 184 valence electrons. The highest BCUT2D eigenvalue weighted by Crippen LogP contribution is 2.28. The summed E-state index contributed by atoms with van der Waals surface area (Å²) >= 11 is 0. The lowest BCUT2D eigenvalue weighted by molar-refractivity contribution is 0.0630. The summed E-state index contributed by atoms with van der Waals surface area (Å²) in [6, 6.07) is 11.2. The minimum atomic E-state index is -0.106. The Labute approximate surface area is 207 Å². The first kappa shape index (κ1) is 24.6. The van der Waals surface area contributed by atoms with E-state index in [1.54, 1.807) is 29.9 Å². The first-order valence-electron chi connectivity index (χ1n) is 12.6. The van der Waals surface area contributed by atoms with Crippen LogP contribution in [0.1, 0.15) is 83.6 Å². The number of unbranched alkanes of at least 4 members (excludes halogenated alkanes) is 2. The summed E-state index contributed by atoms with van der Waals surface area (Å²) in [6.45, 7) is 4.56. The molecule has 1 fully saturated rings. The number of rotatable bonds is 8. The lowest BCUT2D eigenvalue weighted by atomic mass is 9.98. The molecule has 0 radical (unpaired) electrons. The maximum atomic E-state index is 13.4. The number of hydrogen-bond acceptors (Lipinski definition) is 5. The van der Waals surface area contributed by atoms with Crippen molar-refractivity contribution in [2.75, 3.05) is 26.7 Å². The number of carbonyl (C=O) groups is 2. The largest absolute Gasteiger partial charge is 0.337 e. The van der Waals surface area contributed by atoms with Gasteiger partial charge in [0.1, 0.15) is 5.69 Å². The van der Waals surface area contributed by atoms with E-state index < -0.39 is 0 Å². The van der Waals surface area contributed by atoms with Gasteiger partial charge in [-0.1, -0.05) is 38.3 Å². The highest BCUT2D eigenvalue weighted by Gasteiger charge is 2.35. The van der Waals surface area contributed by atoms with Gasteiger partial charge in [0.05, 0.1) is 17.7 Å². The highest BCUT2D eigenvalue weighted by molar-refractivity contribution is 5.98. The molecular weight excluding hydrogens is 440 g/mol. The van der Waals surface area contributed by atoms with Gasteiger partial charge in [-0.25, -0.2) is 0 Å². The molecule has 8 nitrogen and oxygen atoms in total. The van der Waals surface area contributed by atoms with Crippen molar-refractivity contribution >= 4 is 18.0 Å². The number of aliphatic imine (C=N–C) groups is 1. The Kier molecular flexibility index (Phi) is 7.96. The molecule has 1 saturated heterocycles. The molecule has 2 aromatic rings. The van der Waals surface area contributed by atoms with Crippen molar-refractivity contribution in [2.24, 2.45) is 10.9 Å². The van der Waals surface area contributed by atoms with Crippen LogP contribution in [0.3, 0.4) is 0 Å². The van der Waals surface area contributed by atoms with E-state index in [9.17, 15) is 9.59 Å². The number of likely N-dealkylation sites (tertiary alicyclic amines) is 1. The van der Waals surface area contributed by atoms with Gasteiger partial charge in [0.25, 0.3) is 11.8 Å². The Morgan fingerprint density at radius 1 is 1.23 bits per heavy atom. The summed E-state index contributed by atoms with van der Waals surface area (Å²) in [5, 5.41) is 13.7. The molecule has 2 amide bonds. The smallest absolute Gasteiger partial charge is 0.274 e. The van der Waals surface area contributed by atoms with Gasteiger partial charge in [-0.2, -0.15) is 10.4 Å². The first-order valence-corrected chi connectivity index (χ1v) is 12.6.